The fraction of sp³-hybridized carbons (Fsp3) is 0.400. The van der Waals surface area contributed by atoms with Gasteiger partial charge in [-0.1, -0.05) is 6.07 Å². The normalized spacial score (nSPS) is 17.5. The first-order chi connectivity index (χ1) is 10.5. The molecule has 7 heteroatoms. The largest absolute Gasteiger partial charge is 0.493 e. The Bertz CT molecular complexity index is 612. The van der Waals surface area contributed by atoms with E-state index < -0.39 is 23.8 Å². The van der Waals surface area contributed by atoms with Gasteiger partial charge in [-0.05, 0) is 24.1 Å². The number of likely N-dealkylation sites (tertiary alicyclic amines) is 1. The molecule has 22 heavy (non-hydrogen) atoms. The average molecular weight is 307 g/mol. The molecule has 118 valence electrons. The van der Waals surface area contributed by atoms with Crippen LogP contribution in [0.5, 0.6) is 11.5 Å². The summed E-state index contributed by atoms with van der Waals surface area (Å²) in [5, 5.41) is 9.08. The molecule has 1 aromatic rings. The molecule has 1 heterocycles. The number of amides is 2. The number of carbonyl (C=O) groups excluding carboxylic acids is 2. The maximum Gasteiger partial charge on any atom is 0.326 e. The van der Waals surface area contributed by atoms with Crippen LogP contribution in [0.15, 0.2) is 18.2 Å². The Balaban J connectivity index is 2.18. The lowest BCUT2D eigenvalue weighted by Gasteiger charge is -2.19. The van der Waals surface area contributed by atoms with Crippen LogP contribution in [0.2, 0.25) is 0 Å². The molecule has 1 aliphatic heterocycles. The number of benzene rings is 1. The Hall–Kier alpha value is -2.57. The smallest absolute Gasteiger partial charge is 0.326 e. The predicted molar refractivity (Wildman–Crippen MR) is 75.8 cm³/mol. The van der Waals surface area contributed by atoms with Crippen LogP contribution in [-0.2, 0) is 20.8 Å². The molecule has 0 spiro atoms. The maximum absolute atomic E-state index is 12.3. The average Bonchev–Trinajstić information content (AvgIpc) is 2.89. The van der Waals surface area contributed by atoms with Gasteiger partial charge in [-0.25, -0.2) is 4.79 Å². The van der Waals surface area contributed by atoms with Crippen LogP contribution in [-0.4, -0.2) is 48.1 Å². The highest BCUT2D eigenvalue weighted by molar-refractivity contribution is 6.02. The lowest BCUT2D eigenvalue weighted by atomic mass is 10.1. The van der Waals surface area contributed by atoms with Gasteiger partial charge in [0.05, 0.1) is 20.6 Å². The molecule has 0 radical (unpaired) electrons. The quantitative estimate of drug-likeness (QED) is 0.867. The van der Waals surface area contributed by atoms with Gasteiger partial charge in [-0.2, -0.15) is 0 Å². The van der Waals surface area contributed by atoms with E-state index in [1.54, 1.807) is 18.2 Å². The zero-order valence-electron chi connectivity index (χ0n) is 12.4. The van der Waals surface area contributed by atoms with Gasteiger partial charge >= 0.3 is 5.97 Å². The van der Waals surface area contributed by atoms with Crippen LogP contribution in [0.3, 0.4) is 0 Å². The van der Waals surface area contributed by atoms with Crippen molar-refractivity contribution in [1.29, 1.82) is 0 Å². The summed E-state index contributed by atoms with van der Waals surface area (Å²) in [7, 11) is 2.98. The Labute approximate surface area is 127 Å². The van der Waals surface area contributed by atoms with Crippen LogP contribution in [0, 0.1) is 0 Å². The first kappa shape index (κ1) is 15.8. The molecule has 0 unspecified atom stereocenters. The van der Waals surface area contributed by atoms with Crippen LogP contribution in [0.1, 0.15) is 18.4 Å². The van der Waals surface area contributed by atoms with E-state index in [2.05, 4.69) is 0 Å². The van der Waals surface area contributed by atoms with Gasteiger partial charge in [-0.3, -0.25) is 14.5 Å². The molecule has 1 saturated heterocycles. The van der Waals surface area contributed by atoms with Gasteiger partial charge in [0.2, 0.25) is 11.8 Å². The minimum absolute atomic E-state index is 0.0735. The highest BCUT2D eigenvalue weighted by Gasteiger charge is 2.39. The number of carboxylic acid groups (broad SMARTS) is 1. The summed E-state index contributed by atoms with van der Waals surface area (Å²) in [5.41, 5.74) is 0.617. The molecular formula is C15H17NO6. The first-order valence-corrected chi connectivity index (χ1v) is 6.76. The number of ether oxygens (including phenoxy) is 2. The van der Waals surface area contributed by atoms with E-state index in [0.29, 0.717) is 17.1 Å². The lowest BCUT2D eigenvalue weighted by molar-refractivity contribution is -0.153. The van der Waals surface area contributed by atoms with E-state index >= 15 is 0 Å². The fourth-order valence-corrected chi connectivity index (χ4v) is 2.48. The number of carbonyl (C=O) groups is 3. The third kappa shape index (κ3) is 3.03. The van der Waals surface area contributed by atoms with E-state index in [9.17, 15) is 14.4 Å². The number of methoxy groups -OCH3 is 2. The topological polar surface area (TPSA) is 93.1 Å². The molecule has 0 aromatic heterocycles. The van der Waals surface area contributed by atoms with Crippen LogP contribution in [0.25, 0.3) is 0 Å². The SMILES string of the molecule is COc1ccc(CC(=O)N2C(=O)CC[C@H]2C(=O)O)cc1OC. The van der Waals surface area contributed by atoms with Crippen molar-refractivity contribution in [2.75, 3.05) is 14.2 Å². The number of hydrogen-bond donors (Lipinski definition) is 1. The molecule has 1 aromatic carbocycles. The lowest BCUT2D eigenvalue weighted by Crippen LogP contribution is -2.43. The van der Waals surface area contributed by atoms with Crippen molar-refractivity contribution in [2.45, 2.75) is 25.3 Å². The summed E-state index contributed by atoms with van der Waals surface area (Å²) in [5.74, 6) is -1.14. The molecule has 0 saturated carbocycles. The molecular weight excluding hydrogens is 290 g/mol. The Morgan fingerprint density at radius 2 is 1.95 bits per heavy atom. The molecule has 1 fully saturated rings. The predicted octanol–water partition coefficient (Wildman–Crippen LogP) is 0.848. The second kappa shape index (κ2) is 6.46. The van der Waals surface area contributed by atoms with Gasteiger partial charge in [-0.15, -0.1) is 0 Å². The zero-order valence-corrected chi connectivity index (χ0v) is 12.4. The summed E-state index contributed by atoms with van der Waals surface area (Å²) >= 11 is 0. The molecule has 2 rings (SSSR count). The van der Waals surface area contributed by atoms with Gasteiger partial charge < -0.3 is 14.6 Å². The second-order valence-electron chi connectivity index (χ2n) is 4.92. The molecule has 1 atom stereocenters. The van der Waals surface area contributed by atoms with Crippen molar-refractivity contribution in [1.82, 2.24) is 4.90 Å². The molecule has 1 N–H and O–H groups in total. The Kier molecular flexibility index (Phi) is 4.65. The third-order valence-electron chi connectivity index (χ3n) is 3.57. The third-order valence-corrected chi connectivity index (χ3v) is 3.57. The van der Waals surface area contributed by atoms with E-state index in [1.165, 1.54) is 14.2 Å². The van der Waals surface area contributed by atoms with Crippen LogP contribution in [0.4, 0.5) is 0 Å². The fourth-order valence-electron chi connectivity index (χ4n) is 2.48. The standard InChI is InChI=1S/C15H17NO6/c1-21-11-5-3-9(7-12(11)22-2)8-14(18)16-10(15(19)20)4-6-13(16)17/h3,5,7,10H,4,6,8H2,1-2H3,(H,19,20)/t10-/m0/s1. The van der Waals surface area contributed by atoms with Crippen molar-refractivity contribution >= 4 is 17.8 Å². The summed E-state index contributed by atoms with van der Waals surface area (Å²) in [6.45, 7) is 0. The second-order valence-corrected chi connectivity index (χ2v) is 4.92. The first-order valence-electron chi connectivity index (χ1n) is 6.76. The Morgan fingerprint density at radius 1 is 1.27 bits per heavy atom. The number of rotatable bonds is 5. The molecule has 7 nitrogen and oxygen atoms in total. The Morgan fingerprint density at radius 3 is 2.55 bits per heavy atom. The maximum atomic E-state index is 12.3. The summed E-state index contributed by atoms with van der Waals surface area (Å²) in [6, 6.07) is 3.89. The van der Waals surface area contributed by atoms with E-state index in [-0.39, 0.29) is 19.3 Å². The zero-order chi connectivity index (χ0) is 16.3. The number of imide groups is 1. The highest BCUT2D eigenvalue weighted by atomic mass is 16.5. The van der Waals surface area contributed by atoms with Gasteiger partial charge in [0.25, 0.3) is 0 Å². The van der Waals surface area contributed by atoms with Crippen molar-refractivity contribution in [3.05, 3.63) is 23.8 Å². The van der Waals surface area contributed by atoms with Crippen molar-refractivity contribution in [3.63, 3.8) is 0 Å². The van der Waals surface area contributed by atoms with Crippen LogP contribution < -0.4 is 9.47 Å². The van der Waals surface area contributed by atoms with E-state index in [0.717, 1.165) is 4.90 Å². The van der Waals surface area contributed by atoms with E-state index in [1.807, 2.05) is 0 Å². The minimum Gasteiger partial charge on any atom is -0.493 e. The number of aliphatic carboxylic acids is 1. The molecule has 0 bridgehead atoms. The number of carboxylic acids is 1. The number of hydrogen-bond acceptors (Lipinski definition) is 5. The summed E-state index contributed by atoms with van der Waals surface area (Å²) < 4.78 is 10.3. The van der Waals surface area contributed by atoms with Crippen LogP contribution >= 0.6 is 0 Å². The van der Waals surface area contributed by atoms with Gasteiger partial charge in [0.15, 0.2) is 11.5 Å². The van der Waals surface area contributed by atoms with Gasteiger partial charge in [0.1, 0.15) is 6.04 Å². The number of nitrogens with zero attached hydrogens (tertiary/aromatic N) is 1. The monoisotopic (exact) mass is 307 g/mol. The molecule has 1 aliphatic rings. The summed E-state index contributed by atoms with van der Waals surface area (Å²) in [4.78, 5) is 36.0. The summed E-state index contributed by atoms with van der Waals surface area (Å²) in [6.07, 6.45) is 0.163. The van der Waals surface area contributed by atoms with Gasteiger partial charge in [0, 0.05) is 6.42 Å². The molecule has 0 aliphatic carbocycles. The minimum atomic E-state index is -1.16. The van der Waals surface area contributed by atoms with Crippen molar-refractivity contribution in [2.24, 2.45) is 0 Å². The highest BCUT2D eigenvalue weighted by Crippen LogP contribution is 2.28. The van der Waals surface area contributed by atoms with Crippen molar-refractivity contribution in [3.8, 4) is 11.5 Å². The molecule has 2 amide bonds. The van der Waals surface area contributed by atoms with Crippen molar-refractivity contribution < 1.29 is 29.0 Å². The van der Waals surface area contributed by atoms with E-state index in [4.69, 9.17) is 14.6 Å².